The van der Waals surface area contributed by atoms with Crippen molar-refractivity contribution < 1.29 is 19.1 Å². The summed E-state index contributed by atoms with van der Waals surface area (Å²) in [5.74, 6) is 3.25. The third-order valence-corrected chi connectivity index (χ3v) is 6.97. The van der Waals surface area contributed by atoms with Crippen LogP contribution in [0.25, 0.3) is 0 Å². The van der Waals surface area contributed by atoms with Crippen molar-refractivity contribution in [1.29, 1.82) is 0 Å². The fourth-order valence-corrected chi connectivity index (χ4v) is 6.35. The molecule has 7 heteroatoms. The monoisotopic (exact) mass is 385 g/mol. The summed E-state index contributed by atoms with van der Waals surface area (Å²) in [5.41, 5.74) is 7.00. The van der Waals surface area contributed by atoms with Crippen molar-refractivity contribution in [3.63, 3.8) is 0 Å². The second-order valence-electron chi connectivity index (χ2n) is 9.21. The third kappa shape index (κ3) is 3.27. The van der Waals surface area contributed by atoms with Crippen LogP contribution in [0.3, 0.4) is 0 Å². The van der Waals surface area contributed by atoms with E-state index in [4.69, 9.17) is 15.2 Å². The Kier molecular flexibility index (Phi) is 4.14. The van der Waals surface area contributed by atoms with Crippen LogP contribution in [-0.4, -0.2) is 25.2 Å². The van der Waals surface area contributed by atoms with Crippen LogP contribution < -0.4 is 25.8 Å². The van der Waals surface area contributed by atoms with Crippen molar-refractivity contribution in [1.82, 2.24) is 5.32 Å². The van der Waals surface area contributed by atoms with Crippen LogP contribution in [-0.2, 0) is 9.59 Å². The van der Waals surface area contributed by atoms with Gasteiger partial charge in [-0.15, -0.1) is 0 Å². The van der Waals surface area contributed by atoms with E-state index in [1.165, 1.54) is 38.5 Å². The fourth-order valence-electron chi connectivity index (χ4n) is 6.35. The Morgan fingerprint density at radius 3 is 2.25 bits per heavy atom. The lowest BCUT2D eigenvalue weighted by molar-refractivity contribution is -0.131. The maximum absolute atomic E-state index is 12.6. The highest BCUT2D eigenvalue weighted by atomic mass is 16.7. The summed E-state index contributed by atoms with van der Waals surface area (Å²) >= 11 is 0. The minimum Gasteiger partial charge on any atom is -0.454 e. The van der Waals surface area contributed by atoms with Crippen LogP contribution in [0.1, 0.15) is 44.9 Å². The van der Waals surface area contributed by atoms with Crippen LogP contribution >= 0.6 is 0 Å². The second kappa shape index (κ2) is 6.57. The number of rotatable bonds is 5. The number of benzene rings is 1. The molecule has 2 amide bonds. The van der Waals surface area contributed by atoms with E-state index < -0.39 is 0 Å². The predicted molar refractivity (Wildman–Crippen MR) is 104 cm³/mol. The molecule has 0 spiro atoms. The topological polar surface area (TPSA) is 103 Å². The molecule has 7 nitrogen and oxygen atoms in total. The molecule has 150 valence electrons. The van der Waals surface area contributed by atoms with Gasteiger partial charge in [0.2, 0.25) is 18.6 Å². The Bertz CT molecular complexity index is 787. The fraction of sp³-hybridized carbons (Fsp3) is 0.619. The summed E-state index contributed by atoms with van der Waals surface area (Å²) < 4.78 is 10.6. The van der Waals surface area contributed by atoms with Gasteiger partial charge in [-0.2, -0.15) is 0 Å². The van der Waals surface area contributed by atoms with Crippen molar-refractivity contribution in [2.75, 3.05) is 24.4 Å². The van der Waals surface area contributed by atoms with Gasteiger partial charge < -0.3 is 25.8 Å². The summed E-state index contributed by atoms with van der Waals surface area (Å²) in [5, 5.41) is 5.54. The molecule has 0 aromatic heterocycles. The first kappa shape index (κ1) is 17.6. The van der Waals surface area contributed by atoms with E-state index in [1.54, 1.807) is 12.1 Å². The minimum atomic E-state index is -0.301. The number of hydrogen-bond acceptors (Lipinski definition) is 5. The maximum Gasteiger partial charge on any atom is 0.243 e. The Morgan fingerprint density at radius 1 is 1.00 bits per heavy atom. The molecule has 0 radical (unpaired) electrons. The normalized spacial score (nSPS) is 31.6. The van der Waals surface area contributed by atoms with Gasteiger partial charge in [0.25, 0.3) is 0 Å². The van der Waals surface area contributed by atoms with Crippen LogP contribution in [0, 0.1) is 23.2 Å². The highest BCUT2D eigenvalue weighted by molar-refractivity contribution is 5.97. The maximum atomic E-state index is 12.6. The van der Waals surface area contributed by atoms with Crippen molar-refractivity contribution in [3.8, 4) is 11.5 Å². The summed E-state index contributed by atoms with van der Waals surface area (Å²) in [6.07, 6.45) is 8.20. The van der Waals surface area contributed by atoms with E-state index in [-0.39, 0.29) is 30.6 Å². The number of carbonyl (C=O) groups excluding carboxylic acids is 2. The van der Waals surface area contributed by atoms with Crippen molar-refractivity contribution in [3.05, 3.63) is 12.1 Å². The summed E-state index contributed by atoms with van der Waals surface area (Å²) in [6.45, 7) is 0.0889. The molecule has 0 saturated heterocycles. The Hall–Kier alpha value is -2.44. The molecule has 0 atom stereocenters. The lowest BCUT2D eigenvalue weighted by atomic mass is 9.49. The smallest absolute Gasteiger partial charge is 0.243 e. The first-order valence-corrected chi connectivity index (χ1v) is 10.2. The summed E-state index contributed by atoms with van der Waals surface area (Å²) in [6, 6.07) is 3.27. The number of anilines is 2. The molecule has 1 aromatic carbocycles. The van der Waals surface area contributed by atoms with E-state index in [0.29, 0.717) is 29.3 Å². The molecule has 0 unspecified atom stereocenters. The van der Waals surface area contributed by atoms with Crippen LogP contribution in [0.2, 0.25) is 0 Å². The van der Waals surface area contributed by atoms with Crippen molar-refractivity contribution in [2.45, 2.75) is 44.9 Å². The Balaban J connectivity index is 1.15. The number of nitrogens with one attached hydrogen (secondary N) is 2. The number of nitrogen functional groups attached to an aromatic ring is 1. The molecule has 1 aromatic rings. The Morgan fingerprint density at radius 2 is 1.61 bits per heavy atom. The van der Waals surface area contributed by atoms with E-state index in [0.717, 1.165) is 17.8 Å². The van der Waals surface area contributed by atoms with Gasteiger partial charge in [-0.1, -0.05) is 0 Å². The third-order valence-electron chi connectivity index (χ3n) is 6.97. The van der Waals surface area contributed by atoms with E-state index >= 15 is 0 Å². The molecule has 1 aliphatic heterocycles. The molecule has 4 aliphatic carbocycles. The Labute approximate surface area is 164 Å². The first-order chi connectivity index (χ1) is 13.5. The SMILES string of the molecule is Nc1cc2c(cc1NC(=O)CNC(=O)CC13CC4CC(CC(C4)C1)C3)OCO2. The average Bonchev–Trinajstić information content (AvgIpc) is 3.06. The molecule has 4 bridgehead atoms. The lowest BCUT2D eigenvalue weighted by Gasteiger charge is -2.56. The van der Waals surface area contributed by atoms with Gasteiger partial charge in [-0.3, -0.25) is 9.59 Å². The van der Waals surface area contributed by atoms with Gasteiger partial charge in [-0.25, -0.2) is 0 Å². The lowest BCUT2D eigenvalue weighted by Crippen LogP contribution is -2.48. The molecular weight excluding hydrogens is 358 g/mol. The zero-order valence-corrected chi connectivity index (χ0v) is 16.0. The highest BCUT2D eigenvalue weighted by Crippen LogP contribution is 2.61. The highest BCUT2D eigenvalue weighted by Gasteiger charge is 2.51. The van der Waals surface area contributed by atoms with Gasteiger partial charge in [-0.05, 0) is 61.7 Å². The quantitative estimate of drug-likeness (QED) is 0.676. The van der Waals surface area contributed by atoms with Crippen molar-refractivity contribution >= 4 is 23.2 Å². The van der Waals surface area contributed by atoms with Gasteiger partial charge >= 0.3 is 0 Å². The number of fused-ring (bicyclic) bond motifs is 1. The van der Waals surface area contributed by atoms with Crippen LogP contribution in [0.4, 0.5) is 11.4 Å². The molecular formula is C21H27N3O4. The molecule has 28 heavy (non-hydrogen) atoms. The second-order valence-corrected chi connectivity index (χ2v) is 9.21. The number of hydrogen-bond donors (Lipinski definition) is 3. The zero-order valence-electron chi connectivity index (χ0n) is 16.0. The molecule has 4 fully saturated rings. The van der Waals surface area contributed by atoms with E-state index in [2.05, 4.69) is 10.6 Å². The molecule has 4 saturated carbocycles. The number of ether oxygens (including phenoxy) is 2. The van der Waals surface area contributed by atoms with Crippen LogP contribution in [0.5, 0.6) is 11.5 Å². The van der Waals surface area contributed by atoms with Gasteiger partial charge in [0, 0.05) is 18.6 Å². The van der Waals surface area contributed by atoms with E-state index in [1.807, 2.05) is 0 Å². The van der Waals surface area contributed by atoms with Gasteiger partial charge in [0.1, 0.15) is 0 Å². The number of carbonyl (C=O) groups is 2. The van der Waals surface area contributed by atoms with Crippen LogP contribution in [0.15, 0.2) is 12.1 Å². The zero-order chi connectivity index (χ0) is 19.3. The first-order valence-electron chi connectivity index (χ1n) is 10.2. The molecule has 4 N–H and O–H groups in total. The summed E-state index contributed by atoms with van der Waals surface area (Å²) in [4.78, 5) is 24.8. The largest absolute Gasteiger partial charge is 0.454 e. The predicted octanol–water partition coefficient (Wildman–Crippen LogP) is 2.66. The van der Waals surface area contributed by atoms with Gasteiger partial charge in [0.05, 0.1) is 17.9 Å². The molecule has 5 aliphatic rings. The average molecular weight is 385 g/mol. The molecule has 6 rings (SSSR count). The summed E-state index contributed by atoms with van der Waals surface area (Å²) in [7, 11) is 0. The van der Waals surface area contributed by atoms with E-state index in [9.17, 15) is 9.59 Å². The molecule has 1 heterocycles. The standard InChI is InChI=1S/C21H27N3O4/c22-15-4-17-18(28-11-27-17)5-16(15)24-20(26)10-23-19(25)9-21-6-12-1-13(7-21)3-14(2-12)8-21/h4-5,12-14H,1-3,6-11,22H2,(H,23,25)(H,24,26). The number of nitrogens with two attached hydrogens (primary N) is 1. The minimum absolute atomic E-state index is 0.0178. The van der Waals surface area contributed by atoms with Gasteiger partial charge in [0.15, 0.2) is 11.5 Å². The van der Waals surface area contributed by atoms with Crippen molar-refractivity contribution in [2.24, 2.45) is 23.2 Å². The number of amides is 2.